The van der Waals surface area contributed by atoms with E-state index in [2.05, 4.69) is 115 Å². The van der Waals surface area contributed by atoms with Crippen LogP contribution < -0.4 is 96.4 Å². The minimum Gasteiger partial charge on any atom is -0.387 e. The van der Waals surface area contributed by atoms with Crippen molar-refractivity contribution in [2.45, 2.75) is 351 Å². The van der Waals surface area contributed by atoms with Crippen LogP contribution in [0.2, 0.25) is 0 Å². The zero-order chi connectivity index (χ0) is 105. The number of aromatic nitrogens is 7. The van der Waals surface area contributed by atoms with Gasteiger partial charge in [-0.25, -0.2) is 9.55 Å². The van der Waals surface area contributed by atoms with Crippen molar-refractivity contribution in [2.24, 2.45) is 53.1 Å². The number of aromatic amines is 1. The lowest BCUT2D eigenvalue weighted by atomic mass is 9.98. The fourth-order valence-corrected chi connectivity index (χ4v) is 15.9. The van der Waals surface area contributed by atoms with Crippen LogP contribution in [0, 0.1) is 47.3 Å². The first kappa shape index (κ1) is 119. The van der Waals surface area contributed by atoms with Gasteiger partial charge in [0.05, 0.1) is 31.2 Å². The summed E-state index contributed by atoms with van der Waals surface area (Å²) in [5.74, 6) is -13.6. The maximum atomic E-state index is 14.8. The van der Waals surface area contributed by atoms with Gasteiger partial charge in [-0.1, -0.05) is 116 Å². The topological polar surface area (TPSA) is 706 Å². The number of nitrogens with two attached hydrogens (primary N) is 1. The van der Waals surface area contributed by atoms with E-state index in [1.54, 1.807) is 73.2 Å². The first-order valence-corrected chi connectivity index (χ1v) is 49.8. The Labute approximate surface area is 816 Å². The van der Waals surface area contributed by atoms with Crippen molar-refractivity contribution in [1.29, 1.82) is 0 Å². The second-order valence-corrected chi connectivity index (χ2v) is 40.8. The highest BCUT2D eigenvalue weighted by molar-refractivity contribution is 7.46. The first-order valence-electron chi connectivity index (χ1n) is 48.2. The summed E-state index contributed by atoms with van der Waals surface area (Å²) in [6.07, 6.45) is 0.571. The molecular weight excluding hydrogens is 1850 g/mol. The van der Waals surface area contributed by atoms with Gasteiger partial charge < -0.3 is 120 Å². The fraction of sp³-hybridized carbons (Fsp3) is 0.744. The van der Waals surface area contributed by atoms with Crippen LogP contribution in [0.25, 0.3) is 11.2 Å². The number of likely N-dealkylation sites (tertiary alicyclic amines) is 1. The molecule has 2 saturated heterocycles. The minimum atomic E-state index is -4.91. The lowest BCUT2D eigenvalue weighted by Gasteiger charge is -2.32. The maximum absolute atomic E-state index is 14.8. The van der Waals surface area contributed by atoms with Gasteiger partial charge in [0.25, 0.3) is 5.56 Å². The molecule has 16 amide bonds. The van der Waals surface area contributed by atoms with E-state index < -0.39 is 248 Å². The molecule has 0 aliphatic carbocycles. The number of hydrogen-bond donors (Lipinski definition) is 22. The molecule has 23 N–H and O–H groups in total. The van der Waals surface area contributed by atoms with E-state index in [0.29, 0.717) is 57.4 Å². The molecule has 0 spiro atoms. The van der Waals surface area contributed by atoms with Gasteiger partial charge in [-0.2, -0.15) is 4.98 Å². The van der Waals surface area contributed by atoms with Crippen LogP contribution in [-0.4, -0.2) is 296 Å². The molecule has 5 rings (SSSR count). The summed E-state index contributed by atoms with van der Waals surface area (Å²) < 4.78 is 24.2. The minimum absolute atomic E-state index is 0.000639. The molecule has 2 fully saturated rings. The summed E-state index contributed by atoms with van der Waals surface area (Å²) in [6.45, 7) is 37.2. The van der Waals surface area contributed by atoms with Crippen LogP contribution in [0.3, 0.4) is 0 Å². The highest BCUT2D eigenvalue weighted by Gasteiger charge is 2.47. The van der Waals surface area contributed by atoms with E-state index in [9.17, 15) is 96.3 Å². The summed E-state index contributed by atoms with van der Waals surface area (Å²) >= 11 is 0. The second kappa shape index (κ2) is 56.4. The smallest absolute Gasteiger partial charge is 0.387 e. The number of phosphoric ester groups is 1. The van der Waals surface area contributed by atoms with Gasteiger partial charge in [0.1, 0.15) is 103 Å². The van der Waals surface area contributed by atoms with E-state index in [4.69, 9.17) is 20.3 Å². The molecule has 50 heteroatoms. The van der Waals surface area contributed by atoms with Crippen LogP contribution in [0.1, 0.15) is 235 Å². The van der Waals surface area contributed by atoms with Gasteiger partial charge in [0.15, 0.2) is 17.4 Å². The van der Waals surface area contributed by atoms with Crippen molar-refractivity contribution in [3.8, 4) is 0 Å². The number of H-pyrrole nitrogens is 1. The van der Waals surface area contributed by atoms with E-state index in [1.165, 1.54) is 50.4 Å². The number of ether oxygens (including phenoxy) is 1. The van der Waals surface area contributed by atoms with Crippen LogP contribution in [0.5, 0.6) is 0 Å². The number of rotatable bonds is 59. The van der Waals surface area contributed by atoms with Crippen molar-refractivity contribution in [3.63, 3.8) is 0 Å². The van der Waals surface area contributed by atoms with Crippen LogP contribution in [0.15, 0.2) is 17.3 Å². The molecule has 0 saturated carbocycles. The van der Waals surface area contributed by atoms with Crippen molar-refractivity contribution in [2.75, 3.05) is 38.1 Å². The third kappa shape index (κ3) is 39.0. The van der Waals surface area contributed by atoms with Crippen LogP contribution >= 0.6 is 7.82 Å². The SMILES string of the molecule is CC(C)C[C@H](NC(=O)[C@H](C)NC(=O)[C@H](CC(C)C)NC(=O)[C@H](CC(C)C)NC(=O)[C@@H](NC(=O)[C@H](C)NC(=O)[C@@H]1CCCN1C(=O)[C@H](CC(C)C)NC(=O)[C@H](CC(C)C)NC(=O)[C@H](C)NC(=O)[C@@H](NC(=O)[C@H](C)NC(=O)[C@H](C)NCCCCn1cc(CCCNc2nc3c(ncn3[C@@H]3O[C@H](COP(=O)(O)O)[C@@H](O)[C@H]3O)c(=O)[nH]2)nn1)C(C)C)C(C)C)C(=O)N[C@@H](CC(C)C)C(=O)N[C@@H](C)C(=O)NCC(N)=O. The summed E-state index contributed by atoms with van der Waals surface area (Å²) in [5.41, 5.74) is 5.12. The van der Waals surface area contributed by atoms with Crippen molar-refractivity contribution < 1.29 is 111 Å². The van der Waals surface area contributed by atoms with E-state index >= 15 is 0 Å². The van der Waals surface area contributed by atoms with Crippen molar-refractivity contribution in [3.05, 3.63) is 28.6 Å². The number of phosphoric acid groups is 1. The summed E-state index contributed by atoms with van der Waals surface area (Å²) in [4.78, 5) is 264. The number of imidazole rings is 1. The first-order chi connectivity index (χ1) is 65.4. The number of fused-ring (bicyclic) bond motifs is 1. The quantitative estimate of drug-likeness (QED) is 0.0211. The third-order valence-corrected chi connectivity index (χ3v) is 23.6. The van der Waals surface area contributed by atoms with E-state index in [1.807, 2.05) is 55.4 Å². The number of primary amides is 1. The number of aliphatic hydroxyl groups is 2. The Morgan fingerprint density at radius 1 is 0.500 bits per heavy atom. The molecule has 0 aromatic carbocycles. The van der Waals surface area contributed by atoms with Gasteiger partial charge in [0, 0.05) is 25.8 Å². The lowest BCUT2D eigenvalue weighted by Crippen LogP contribution is -2.61. The fourth-order valence-electron chi connectivity index (χ4n) is 15.6. The summed E-state index contributed by atoms with van der Waals surface area (Å²) in [7, 11) is -4.91. The highest BCUT2D eigenvalue weighted by atomic mass is 31.2. The number of carbonyl (C=O) groups excluding carboxylic acids is 16. The number of amides is 16. The van der Waals surface area contributed by atoms with Gasteiger partial charge >= 0.3 is 7.82 Å². The van der Waals surface area contributed by atoms with Gasteiger partial charge in [0.2, 0.25) is 100 Å². The molecule has 2 aliphatic heterocycles. The predicted octanol–water partition coefficient (Wildman–Crippen LogP) is -2.17. The van der Waals surface area contributed by atoms with Gasteiger partial charge in [-0.3, -0.25) is 100 Å². The number of anilines is 1. The molecule has 0 unspecified atom stereocenters. The molecule has 19 atom stereocenters. The Bertz CT molecular complexity index is 4810. The maximum Gasteiger partial charge on any atom is 0.469 e. The average molecular weight is 2000 g/mol. The molecule has 49 nitrogen and oxygen atoms in total. The average Bonchev–Trinajstić information content (AvgIpc) is 1.61. The third-order valence-electron chi connectivity index (χ3n) is 23.1. The summed E-state index contributed by atoms with van der Waals surface area (Å²) in [6, 6.07) is -17.7. The molecule has 140 heavy (non-hydrogen) atoms. The summed E-state index contributed by atoms with van der Waals surface area (Å²) in [5, 5.41) is 73.1. The molecule has 788 valence electrons. The lowest BCUT2D eigenvalue weighted by molar-refractivity contribution is -0.143. The van der Waals surface area contributed by atoms with Crippen LogP contribution in [0.4, 0.5) is 5.95 Å². The number of nitrogens with zero attached hydrogens (tertiary/aromatic N) is 7. The Morgan fingerprint density at radius 2 is 0.907 bits per heavy atom. The number of carbonyl (C=O) groups is 16. The molecule has 3 aromatic heterocycles. The zero-order valence-electron chi connectivity index (χ0n) is 84.6. The Balaban J connectivity index is 1.10. The molecule has 5 heterocycles. The van der Waals surface area contributed by atoms with Gasteiger partial charge in [-0.05, 0) is 172 Å². The second-order valence-electron chi connectivity index (χ2n) is 39.6. The molecule has 3 aromatic rings. The number of hydrogen-bond acceptors (Lipinski definition) is 28. The molecule has 0 radical (unpaired) electrons. The van der Waals surface area contributed by atoms with Crippen molar-refractivity contribution >= 4 is 119 Å². The van der Waals surface area contributed by atoms with Crippen molar-refractivity contribution in [1.82, 2.24) is 119 Å². The Hall–Kier alpha value is -11.2. The van der Waals surface area contributed by atoms with E-state index in [0.717, 1.165) is 0 Å². The predicted molar refractivity (Wildman–Crippen MR) is 512 cm³/mol. The Morgan fingerprint density at radius 3 is 1.37 bits per heavy atom. The molecule has 0 bridgehead atoms. The highest BCUT2D eigenvalue weighted by Crippen LogP contribution is 2.39. The van der Waals surface area contributed by atoms with Crippen LogP contribution in [-0.2, 0) is 104 Å². The monoisotopic (exact) mass is 2000 g/mol. The Kier molecular flexibility index (Phi) is 48.0. The number of unbranched alkanes of at least 4 members (excludes halogenated alkanes) is 1. The zero-order valence-corrected chi connectivity index (χ0v) is 85.5. The normalized spacial score (nSPS) is 18.6. The number of aryl methyl sites for hydroxylation is 2. The largest absolute Gasteiger partial charge is 0.469 e. The molecular formula is C90H154N25O24P. The molecule has 2 aliphatic rings. The van der Waals surface area contributed by atoms with Gasteiger partial charge in [-0.15, -0.1) is 5.10 Å². The number of aliphatic hydroxyl groups excluding tert-OH is 2. The standard InChI is InChI=1S/C90H154N25O24P/c1-43(2)33-58(79(125)97-52(18)73(119)94-39-66(91)116)103-81(127)60(35-45(5)6)101-75(121)53(19)98-80(126)59(34-44(3)4)104-82(128)62(37-47(9)10)105-86(132)68(50(15)16)108-78(124)56(22)99-84(130)64-28-26-32-114(64)88(134)63(38-48(11)12)106-83(129)61(36-46(7)8)102-76(122)54(20)100-85(131)67(49(13)14)107-77(123)55(21)96-74(120)51(17)92-29-23-24-31-113-40-57(111-112-113)27-25-30-93-90-109-72-69(87(133)110-90)95-42-115(72)89-71(118)70(117)65(139-89)41-138-140(135,136)137/h40,42-56,58-65,67-68,70-71,89,92,117-118H,23-39,41H2,1-22H3,(H2,91,116)(H,94,119)(H,96,120)(H,97,125)(H,98,126)(H,99,130)(H,100,131)(H,101,121)(H,102,122)(H,103,127)(H,104,128)(H,105,132)(H,106,129)(H,107,123)(H,108,124)(H2,135,136,137)(H2,93,109,110,133)/t51-,52-,53-,54-,55-,56-,58-,59-,60-,61-,62-,63-,64-,65+,67-,68-,70+,71+,89+/m0/s1. The van der Waals surface area contributed by atoms with E-state index in [-0.39, 0.29) is 104 Å². The number of nitrogens with one attached hydrogen (secondary N) is 17.